The van der Waals surface area contributed by atoms with Gasteiger partial charge in [-0.3, -0.25) is 14.0 Å². The number of hydrogen-bond donors (Lipinski definition) is 1. The molecule has 5 nitrogen and oxygen atoms in total. The van der Waals surface area contributed by atoms with E-state index in [-0.39, 0.29) is 22.6 Å². The van der Waals surface area contributed by atoms with Crippen LogP contribution in [0.25, 0.3) is 4.96 Å². The molecule has 1 N–H and O–H groups in total. The summed E-state index contributed by atoms with van der Waals surface area (Å²) in [6, 6.07) is 8.88. The van der Waals surface area contributed by atoms with Crippen molar-refractivity contribution >= 4 is 27.9 Å². The lowest BCUT2D eigenvalue weighted by molar-refractivity contribution is 0.102. The Labute approximate surface area is 162 Å². The molecule has 1 amide bonds. The highest BCUT2D eigenvalue weighted by molar-refractivity contribution is 7.17. The molecule has 3 aromatic rings. The van der Waals surface area contributed by atoms with Gasteiger partial charge in [0.1, 0.15) is 5.69 Å². The standard InChI is InChI=1S/C21H23N3O2S/c1-21(2,3)14-9-10-16-17(11-14)27-20-22-12-15(19(26)24(16)20)23-18(25)13-7-5-4-6-8-13/h4-8,12,14H,9-11H2,1-3H3,(H,23,25). The van der Waals surface area contributed by atoms with Gasteiger partial charge in [0.05, 0.1) is 6.20 Å². The molecule has 6 heteroatoms. The van der Waals surface area contributed by atoms with E-state index in [0.29, 0.717) is 16.4 Å². The van der Waals surface area contributed by atoms with E-state index in [1.54, 1.807) is 40.0 Å². The van der Waals surface area contributed by atoms with Crippen molar-refractivity contribution in [2.75, 3.05) is 5.32 Å². The van der Waals surface area contributed by atoms with Crippen LogP contribution < -0.4 is 10.9 Å². The highest BCUT2D eigenvalue weighted by Gasteiger charge is 2.31. The van der Waals surface area contributed by atoms with E-state index < -0.39 is 0 Å². The Bertz CT molecular complexity index is 1060. The largest absolute Gasteiger partial charge is 0.316 e. The topological polar surface area (TPSA) is 63.5 Å². The summed E-state index contributed by atoms with van der Waals surface area (Å²) in [6.07, 6.45) is 4.39. The van der Waals surface area contributed by atoms with Gasteiger partial charge >= 0.3 is 0 Å². The fourth-order valence-corrected chi connectivity index (χ4v) is 4.91. The van der Waals surface area contributed by atoms with Crippen molar-refractivity contribution in [2.45, 2.75) is 40.0 Å². The van der Waals surface area contributed by atoms with Crippen molar-refractivity contribution in [1.29, 1.82) is 0 Å². The third kappa shape index (κ3) is 3.30. The number of nitrogens with one attached hydrogen (secondary N) is 1. The molecule has 1 atom stereocenters. The van der Waals surface area contributed by atoms with Crippen molar-refractivity contribution in [2.24, 2.45) is 11.3 Å². The first-order chi connectivity index (χ1) is 12.8. The third-order valence-electron chi connectivity index (χ3n) is 5.41. The second kappa shape index (κ2) is 6.60. The molecule has 1 unspecified atom stereocenters. The van der Waals surface area contributed by atoms with Gasteiger partial charge in [-0.2, -0.15) is 0 Å². The molecule has 0 saturated carbocycles. The number of aromatic nitrogens is 2. The lowest BCUT2D eigenvalue weighted by Gasteiger charge is -2.33. The quantitative estimate of drug-likeness (QED) is 0.725. The summed E-state index contributed by atoms with van der Waals surface area (Å²) in [5.41, 5.74) is 1.85. The Morgan fingerprint density at radius 1 is 1.26 bits per heavy atom. The van der Waals surface area contributed by atoms with E-state index in [9.17, 15) is 9.59 Å². The molecule has 27 heavy (non-hydrogen) atoms. The Morgan fingerprint density at radius 2 is 2.00 bits per heavy atom. The van der Waals surface area contributed by atoms with Gasteiger partial charge in [-0.15, -0.1) is 11.3 Å². The SMILES string of the molecule is CC(C)(C)C1CCc2c(sc3ncc(NC(=O)c4ccccc4)c(=O)n23)C1. The summed E-state index contributed by atoms with van der Waals surface area (Å²) in [6.45, 7) is 6.83. The molecule has 0 bridgehead atoms. The van der Waals surface area contributed by atoms with Gasteiger partial charge in [0, 0.05) is 16.1 Å². The number of thiazole rings is 1. The number of aryl methyl sites for hydroxylation is 1. The van der Waals surface area contributed by atoms with Crippen LogP contribution in [0.4, 0.5) is 5.69 Å². The highest BCUT2D eigenvalue weighted by atomic mass is 32.1. The number of carbonyl (C=O) groups excluding carboxylic acids is 1. The lowest BCUT2D eigenvalue weighted by Crippen LogP contribution is -2.28. The molecule has 2 heterocycles. The molecular formula is C21H23N3O2S. The second-order valence-corrected chi connectivity index (χ2v) is 9.25. The van der Waals surface area contributed by atoms with Gasteiger partial charge < -0.3 is 5.32 Å². The molecule has 0 radical (unpaired) electrons. The molecular weight excluding hydrogens is 358 g/mol. The molecule has 2 aromatic heterocycles. The zero-order chi connectivity index (χ0) is 19.2. The predicted octanol–water partition coefficient (Wildman–Crippen LogP) is 4.16. The maximum absolute atomic E-state index is 13.0. The van der Waals surface area contributed by atoms with Crippen LogP contribution in [0.15, 0.2) is 41.3 Å². The monoisotopic (exact) mass is 381 g/mol. The number of amides is 1. The Hall–Kier alpha value is -2.47. The number of anilines is 1. The minimum absolute atomic E-state index is 0.198. The van der Waals surface area contributed by atoms with Gasteiger partial charge in [0.25, 0.3) is 11.5 Å². The average Bonchev–Trinajstić information content (AvgIpc) is 3.02. The minimum Gasteiger partial charge on any atom is -0.316 e. The van der Waals surface area contributed by atoms with Gasteiger partial charge in [-0.05, 0) is 42.7 Å². The van der Waals surface area contributed by atoms with Crippen LogP contribution in [0.3, 0.4) is 0 Å². The molecule has 4 rings (SSSR count). The molecule has 1 aliphatic carbocycles. The third-order valence-corrected chi connectivity index (χ3v) is 6.52. The van der Waals surface area contributed by atoms with Crippen LogP contribution >= 0.6 is 11.3 Å². The summed E-state index contributed by atoms with van der Waals surface area (Å²) in [7, 11) is 0. The fourth-order valence-electron chi connectivity index (χ4n) is 3.70. The summed E-state index contributed by atoms with van der Waals surface area (Å²) < 4.78 is 1.69. The van der Waals surface area contributed by atoms with Crippen LogP contribution in [0.2, 0.25) is 0 Å². The zero-order valence-corrected chi connectivity index (χ0v) is 16.6. The number of carbonyl (C=O) groups is 1. The predicted molar refractivity (Wildman–Crippen MR) is 109 cm³/mol. The average molecular weight is 382 g/mol. The number of benzene rings is 1. The maximum atomic E-state index is 13.0. The number of fused-ring (bicyclic) bond motifs is 3. The highest BCUT2D eigenvalue weighted by Crippen LogP contribution is 2.39. The molecule has 1 aromatic carbocycles. The van der Waals surface area contributed by atoms with E-state index in [1.165, 1.54) is 11.1 Å². The Kier molecular flexibility index (Phi) is 4.38. The normalized spacial score (nSPS) is 16.9. The van der Waals surface area contributed by atoms with Gasteiger partial charge in [0.15, 0.2) is 4.96 Å². The molecule has 1 aliphatic rings. The first-order valence-electron chi connectivity index (χ1n) is 9.23. The molecule has 0 fully saturated rings. The zero-order valence-electron chi connectivity index (χ0n) is 15.8. The first kappa shape index (κ1) is 17.9. The van der Waals surface area contributed by atoms with E-state index in [1.807, 2.05) is 6.07 Å². The number of rotatable bonds is 2. The summed E-state index contributed by atoms with van der Waals surface area (Å²) >= 11 is 1.60. The van der Waals surface area contributed by atoms with Gasteiger partial charge in [-0.1, -0.05) is 39.0 Å². The van der Waals surface area contributed by atoms with Crippen LogP contribution in [-0.2, 0) is 12.8 Å². The first-order valence-corrected chi connectivity index (χ1v) is 10.0. The van der Waals surface area contributed by atoms with Crippen molar-refractivity contribution < 1.29 is 4.79 Å². The number of hydrogen-bond acceptors (Lipinski definition) is 4. The van der Waals surface area contributed by atoms with Crippen LogP contribution in [0, 0.1) is 11.3 Å². The number of nitrogens with zero attached hydrogens (tertiary/aromatic N) is 2. The maximum Gasteiger partial charge on any atom is 0.282 e. The summed E-state index contributed by atoms with van der Waals surface area (Å²) in [5.74, 6) is 0.303. The lowest BCUT2D eigenvalue weighted by atomic mass is 9.73. The Balaban J connectivity index is 1.69. The van der Waals surface area contributed by atoms with E-state index in [4.69, 9.17) is 0 Å². The molecule has 0 saturated heterocycles. The summed E-state index contributed by atoms with van der Waals surface area (Å²) in [4.78, 5) is 31.8. The van der Waals surface area contributed by atoms with Gasteiger partial charge in [-0.25, -0.2) is 4.98 Å². The smallest absolute Gasteiger partial charge is 0.282 e. The van der Waals surface area contributed by atoms with Crippen molar-refractivity contribution in [3.8, 4) is 0 Å². The van der Waals surface area contributed by atoms with Crippen molar-refractivity contribution in [1.82, 2.24) is 9.38 Å². The molecule has 0 aliphatic heterocycles. The van der Waals surface area contributed by atoms with Gasteiger partial charge in [0.2, 0.25) is 0 Å². The Morgan fingerprint density at radius 3 is 2.70 bits per heavy atom. The second-order valence-electron chi connectivity index (χ2n) is 8.19. The minimum atomic E-state index is -0.300. The van der Waals surface area contributed by atoms with Crippen molar-refractivity contribution in [3.05, 3.63) is 63.0 Å². The van der Waals surface area contributed by atoms with Crippen LogP contribution in [0.1, 0.15) is 48.1 Å². The summed E-state index contributed by atoms with van der Waals surface area (Å²) in [5, 5.41) is 2.72. The van der Waals surface area contributed by atoms with E-state index >= 15 is 0 Å². The molecule has 140 valence electrons. The molecule has 0 spiro atoms. The van der Waals surface area contributed by atoms with Crippen LogP contribution in [-0.4, -0.2) is 15.3 Å². The fraction of sp³-hybridized carbons (Fsp3) is 0.381. The van der Waals surface area contributed by atoms with Crippen molar-refractivity contribution in [3.63, 3.8) is 0 Å². The van der Waals surface area contributed by atoms with E-state index in [2.05, 4.69) is 31.1 Å². The van der Waals surface area contributed by atoms with E-state index in [0.717, 1.165) is 25.0 Å². The van der Waals surface area contributed by atoms with Crippen LogP contribution in [0.5, 0.6) is 0 Å².